The Morgan fingerprint density at radius 2 is 1.90 bits per heavy atom. The van der Waals surface area contributed by atoms with Crippen LogP contribution in [0.2, 0.25) is 5.02 Å². The molecular formula is C15H10ClN3O2. The van der Waals surface area contributed by atoms with Crippen LogP contribution in [-0.2, 0) is 0 Å². The molecule has 0 fully saturated rings. The van der Waals surface area contributed by atoms with Crippen molar-refractivity contribution in [2.24, 2.45) is 10.2 Å². The molecule has 3 aromatic rings. The summed E-state index contributed by atoms with van der Waals surface area (Å²) in [5, 5.41) is 18.4. The number of azo groups is 1. The maximum Gasteiger partial charge on any atom is 0.295 e. The average Bonchev–Trinajstić information content (AvgIpc) is 2.80. The minimum Gasteiger partial charge on any atom is -0.493 e. The average molecular weight is 300 g/mol. The van der Waals surface area contributed by atoms with Crippen LogP contribution in [0.5, 0.6) is 5.88 Å². The monoisotopic (exact) mass is 299 g/mol. The largest absolute Gasteiger partial charge is 0.493 e. The van der Waals surface area contributed by atoms with E-state index >= 15 is 0 Å². The van der Waals surface area contributed by atoms with Crippen molar-refractivity contribution in [2.75, 3.05) is 0 Å². The number of aromatic nitrogens is 1. The zero-order valence-electron chi connectivity index (χ0n) is 10.7. The molecule has 1 aromatic heterocycles. The number of amides is 1. The lowest BCUT2D eigenvalue weighted by molar-refractivity contribution is 0.0995. The van der Waals surface area contributed by atoms with Crippen molar-refractivity contribution >= 4 is 34.1 Å². The molecule has 0 unspecified atom stereocenters. The molecule has 0 saturated heterocycles. The molecule has 2 aromatic carbocycles. The van der Waals surface area contributed by atoms with Gasteiger partial charge in [0.15, 0.2) is 5.69 Å². The third kappa shape index (κ3) is 2.64. The number of aromatic amines is 1. The number of carbonyl (C=O) groups excluding carboxylic acids is 1. The van der Waals surface area contributed by atoms with Crippen LogP contribution in [0, 0.1) is 0 Å². The number of hydrogen-bond donors (Lipinski definition) is 2. The van der Waals surface area contributed by atoms with E-state index in [0.717, 1.165) is 0 Å². The summed E-state index contributed by atoms with van der Waals surface area (Å²) in [6.07, 6.45) is 0. The SMILES string of the molecule is O=C(N=Nc1c(O)[nH]c2ccc(Cl)cc12)c1ccccc1. The Balaban J connectivity index is 1.98. The Bertz CT molecular complexity index is 841. The number of halogens is 1. The lowest BCUT2D eigenvalue weighted by Crippen LogP contribution is -1.91. The highest BCUT2D eigenvalue weighted by Gasteiger charge is 2.11. The van der Waals surface area contributed by atoms with Crippen LogP contribution >= 0.6 is 11.6 Å². The Labute approximate surface area is 124 Å². The molecule has 21 heavy (non-hydrogen) atoms. The Hall–Kier alpha value is -2.66. The van der Waals surface area contributed by atoms with E-state index in [2.05, 4.69) is 15.2 Å². The molecular weight excluding hydrogens is 290 g/mol. The number of aromatic hydroxyl groups is 1. The van der Waals surface area contributed by atoms with Crippen molar-refractivity contribution in [3.8, 4) is 5.88 Å². The van der Waals surface area contributed by atoms with Gasteiger partial charge in [-0.3, -0.25) is 4.79 Å². The van der Waals surface area contributed by atoms with E-state index in [4.69, 9.17) is 11.6 Å². The first-order chi connectivity index (χ1) is 10.1. The standard InChI is InChI=1S/C15H10ClN3O2/c16-10-6-7-12-11(8-10)13(15(21)17-12)18-19-14(20)9-4-2-1-3-5-9/h1-8,17,21H. The molecule has 3 rings (SSSR count). The van der Waals surface area contributed by atoms with Crippen molar-refractivity contribution in [3.05, 3.63) is 59.1 Å². The van der Waals surface area contributed by atoms with Gasteiger partial charge in [-0.1, -0.05) is 29.8 Å². The predicted molar refractivity (Wildman–Crippen MR) is 80.3 cm³/mol. The molecule has 6 heteroatoms. The van der Waals surface area contributed by atoms with Crippen molar-refractivity contribution in [1.82, 2.24) is 4.98 Å². The molecule has 0 saturated carbocycles. The summed E-state index contributed by atoms with van der Waals surface area (Å²) in [5.41, 5.74) is 1.29. The van der Waals surface area contributed by atoms with Gasteiger partial charge in [-0.15, -0.1) is 10.2 Å². The van der Waals surface area contributed by atoms with Crippen LogP contribution in [0.1, 0.15) is 10.4 Å². The lowest BCUT2D eigenvalue weighted by atomic mass is 10.2. The van der Waals surface area contributed by atoms with Crippen molar-refractivity contribution in [1.29, 1.82) is 0 Å². The van der Waals surface area contributed by atoms with Gasteiger partial charge in [0.1, 0.15) is 0 Å². The first-order valence-corrected chi connectivity index (χ1v) is 6.54. The predicted octanol–water partition coefficient (Wildman–Crippen LogP) is 4.45. The number of carbonyl (C=O) groups is 1. The number of hydrogen-bond acceptors (Lipinski definition) is 3. The number of fused-ring (bicyclic) bond motifs is 1. The second-order valence-corrected chi connectivity index (χ2v) is 4.82. The molecule has 0 spiro atoms. The van der Waals surface area contributed by atoms with Gasteiger partial charge in [-0.05, 0) is 30.3 Å². The summed E-state index contributed by atoms with van der Waals surface area (Å²) >= 11 is 5.92. The molecule has 2 N–H and O–H groups in total. The zero-order chi connectivity index (χ0) is 14.8. The third-order valence-corrected chi connectivity index (χ3v) is 3.21. The van der Waals surface area contributed by atoms with Crippen LogP contribution in [0.4, 0.5) is 5.69 Å². The van der Waals surface area contributed by atoms with Crippen LogP contribution in [0.3, 0.4) is 0 Å². The van der Waals surface area contributed by atoms with E-state index in [1.807, 2.05) is 0 Å². The second kappa shape index (κ2) is 5.38. The Morgan fingerprint density at radius 1 is 1.14 bits per heavy atom. The van der Waals surface area contributed by atoms with Crippen molar-refractivity contribution in [2.45, 2.75) is 0 Å². The summed E-state index contributed by atoms with van der Waals surface area (Å²) in [4.78, 5) is 14.6. The molecule has 0 aliphatic rings. The van der Waals surface area contributed by atoms with E-state index in [1.54, 1.807) is 48.5 Å². The molecule has 1 heterocycles. The quantitative estimate of drug-likeness (QED) is 0.686. The minimum atomic E-state index is -0.480. The summed E-state index contributed by atoms with van der Waals surface area (Å²) in [7, 11) is 0. The highest BCUT2D eigenvalue weighted by molar-refractivity contribution is 6.31. The Morgan fingerprint density at radius 3 is 2.67 bits per heavy atom. The fraction of sp³-hybridized carbons (Fsp3) is 0. The molecule has 1 amide bonds. The van der Waals surface area contributed by atoms with Gasteiger partial charge in [0.2, 0.25) is 5.88 Å². The number of H-pyrrole nitrogens is 1. The maximum atomic E-state index is 11.9. The molecule has 5 nitrogen and oxygen atoms in total. The highest BCUT2D eigenvalue weighted by atomic mass is 35.5. The zero-order valence-corrected chi connectivity index (χ0v) is 11.5. The van der Waals surface area contributed by atoms with E-state index in [1.165, 1.54) is 0 Å². The van der Waals surface area contributed by atoms with Gasteiger partial charge >= 0.3 is 0 Å². The van der Waals surface area contributed by atoms with Crippen LogP contribution in [0.15, 0.2) is 58.8 Å². The van der Waals surface area contributed by atoms with Crippen molar-refractivity contribution in [3.63, 3.8) is 0 Å². The fourth-order valence-corrected chi connectivity index (χ4v) is 2.14. The first-order valence-electron chi connectivity index (χ1n) is 6.16. The van der Waals surface area contributed by atoms with Gasteiger partial charge in [-0.25, -0.2) is 0 Å². The van der Waals surface area contributed by atoms with Gasteiger partial charge < -0.3 is 10.1 Å². The molecule has 0 aliphatic carbocycles. The summed E-state index contributed by atoms with van der Waals surface area (Å²) < 4.78 is 0. The van der Waals surface area contributed by atoms with E-state index in [0.29, 0.717) is 21.5 Å². The number of nitrogens with zero attached hydrogens (tertiary/aromatic N) is 2. The van der Waals surface area contributed by atoms with Crippen molar-refractivity contribution < 1.29 is 9.90 Å². The number of nitrogens with one attached hydrogen (secondary N) is 1. The lowest BCUT2D eigenvalue weighted by Gasteiger charge is -1.94. The topological polar surface area (TPSA) is 77.8 Å². The van der Waals surface area contributed by atoms with Crippen LogP contribution in [0.25, 0.3) is 10.9 Å². The molecule has 104 valence electrons. The molecule has 0 aliphatic heterocycles. The molecule has 0 radical (unpaired) electrons. The normalized spacial score (nSPS) is 11.3. The highest BCUT2D eigenvalue weighted by Crippen LogP contribution is 2.36. The van der Waals surface area contributed by atoms with E-state index in [9.17, 15) is 9.90 Å². The molecule has 0 bridgehead atoms. The van der Waals surface area contributed by atoms with E-state index < -0.39 is 5.91 Å². The Kier molecular flexibility index (Phi) is 3.41. The number of benzene rings is 2. The first kappa shape index (κ1) is 13.3. The fourth-order valence-electron chi connectivity index (χ4n) is 1.97. The smallest absolute Gasteiger partial charge is 0.295 e. The summed E-state index contributed by atoms with van der Waals surface area (Å²) in [6, 6.07) is 13.6. The van der Waals surface area contributed by atoms with E-state index in [-0.39, 0.29) is 11.6 Å². The summed E-state index contributed by atoms with van der Waals surface area (Å²) in [5.74, 6) is -0.636. The minimum absolute atomic E-state index is 0.156. The van der Waals surface area contributed by atoms with Gasteiger partial charge in [0, 0.05) is 16.0 Å². The van der Waals surface area contributed by atoms with Gasteiger partial charge in [0.05, 0.1) is 5.52 Å². The number of rotatable bonds is 2. The summed E-state index contributed by atoms with van der Waals surface area (Å²) in [6.45, 7) is 0. The molecule has 0 atom stereocenters. The van der Waals surface area contributed by atoms with Crippen LogP contribution in [-0.4, -0.2) is 16.0 Å². The maximum absolute atomic E-state index is 11.9. The van der Waals surface area contributed by atoms with Gasteiger partial charge in [0.25, 0.3) is 5.91 Å². The van der Waals surface area contributed by atoms with Crippen LogP contribution < -0.4 is 0 Å². The second-order valence-electron chi connectivity index (χ2n) is 4.38. The third-order valence-electron chi connectivity index (χ3n) is 2.98. The van der Waals surface area contributed by atoms with Gasteiger partial charge in [-0.2, -0.15) is 0 Å².